The molecule has 0 radical (unpaired) electrons. The van der Waals surface area contributed by atoms with E-state index in [0.29, 0.717) is 5.56 Å². The smallest absolute Gasteiger partial charge is 0.351 e. The van der Waals surface area contributed by atoms with Crippen LogP contribution in [0.1, 0.15) is 28.9 Å². The summed E-state index contributed by atoms with van der Waals surface area (Å²) in [6.45, 7) is 0. The number of benzene rings is 2. The third-order valence-electron chi connectivity index (χ3n) is 4.34. The fourth-order valence-electron chi connectivity index (χ4n) is 3.35. The second kappa shape index (κ2) is 4.86. The Kier molecular flexibility index (Phi) is 3.03. The van der Waals surface area contributed by atoms with Gasteiger partial charge in [0, 0.05) is 29.7 Å². The molecule has 0 amide bonds. The summed E-state index contributed by atoms with van der Waals surface area (Å²) in [6, 6.07) is 14.2. The van der Waals surface area contributed by atoms with Crippen LogP contribution < -0.4 is 0 Å². The second-order valence-electron chi connectivity index (χ2n) is 5.78. The molecule has 118 valence electrons. The van der Waals surface area contributed by atoms with Gasteiger partial charge in [-0.05, 0) is 17.2 Å². The zero-order valence-electron chi connectivity index (χ0n) is 12.3. The summed E-state index contributed by atoms with van der Waals surface area (Å²) in [5, 5.41) is 0.914. The molecule has 0 saturated heterocycles. The summed E-state index contributed by atoms with van der Waals surface area (Å²) < 4.78 is 47.3. The highest BCUT2D eigenvalue weighted by Gasteiger charge is 2.49. The Labute approximate surface area is 131 Å². The molecular formula is C18H14F3NO. The molecule has 0 fully saturated rings. The number of ether oxygens (including phenoxy) is 1. The monoisotopic (exact) mass is 317 g/mol. The highest BCUT2D eigenvalue weighted by Crippen LogP contribution is 2.50. The Morgan fingerprint density at radius 3 is 2.30 bits per heavy atom. The minimum atomic E-state index is -4.42. The molecule has 3 aromatic rings. The third kappa shape index (κ3) is 2.15. The van der Waals surface area contributed by atoms with Crippen LogP contribution in [0, 0.1) is 0 Å². The van der Waals surface area contributed by atoms with E-state index in [1.807, 2.05) is 42.1 Å². The third-order valence-corrected chi connectivity index (χ3v) is 4.34. The maximum absolute atomic E-state index is 13.3. The van der Waals surface area contributed by atoms with Crippen molar-refractivity contribution in [3.8, 4) is 0 Å². The van der Waals surface area contributed by atoms with Crippen molar-refractivity contribution < 1.29 is 17.9 Å². The number of rotatable bonds is 1. The van der Waals surface area contributed by atoms with E-state index in [0.717, 1.165) is 16.5 Å². The largest absolute Gasteiger partial charge is 0.418 e. The molecule has 2 atom stereocenters. The number of fused-ring (bicyclic) bond motifs is 2. The molecule has 0 spiro atoms. The summed E-state index contributed by atoms with van der Waals surface area (Å²) in [4.78, 5) is 0. The van der Waals surface area contributed by atoms with Gasteiger partial charge in [-0.3, -0.25) is 0 Å². The molecule has 2 heterocycles. The minimum Gasteiger partial charge on any atom is -0.351 e. The van der Waals surface area contributed by atoms with E-state index in [2.05, 4.69) is 0 Å². The number of aryl methyl sites for hydroxylation is 1. The first-order valence-electron chi connectivity index (χ1n) is 7.32. The average Bonchev–Trinajstić information content (AvgIpc) is 3.06. The molecule has 1 aliphatic heterocycles. The molecule has 0 bridgehead atoms. The summed E-state index contributed by atoms with van der Waals surface area (Å²) in [5.41, 5.74) is 2.53. The average molecular weight is 317 g/mol. The van der Waals surface area contributed by atoms with Gasteiger partial charge in [-0.1, -0.05) is 42.5 Å². The van der Waals surface area contributed by atoms with Crippen molar-refractivity contribution in [3.63, 3.8) is 0 Å². The Morgan fingerprint density at radius 2 is 1.57 bits per heavy atom. The number of hydrogen-bond donors (Lipinski definition) is 0. The van der Waals surface area contributed by atoms with Gasteiger partial charge in [-0.2, -0.15) is 13.2 Å². The van der Waals surface area contributed by atoms with Gasteiger partial charge in [0.15, 0.2) is 6.10 Å². The highest BCUT2D eigenvalue weighted by atomic mass is 19.4. The van der Waals surface area contributed by atoms with Crippen molar-refractivity contribution in [2.24, 2.45) is 7.05 Å². The highest BCUT2D eigenvalue weighted by molar-refractivity contribution is 5.85. The molecule has 1 aromatic heterocycles. The Morgan fingerprint density at radius 1 is 0.913 bits per heavy atom. The van der Waals surface area contributed by atoms with E-state index in [-0.39, 0.29) is 5.56 Å². The van der Waals surface area contributed by atoms with Crippen molar-refractivity contribution in [1.29, 1.82) is 0 Å². The van der Waals surface area contributed by atoms with E-state index < -0.39 is 18.4 Å². The van der Waals surface area contributed by atoms with Crippen molar-refractivity contribution in [2.45, 2.75) is 18.4 Å². The van der Waals surface area contributed by atoms with Crippen LogP contribution in [0.25, 0.3) is 10.9 Å². The molecule has 0 N–H and O–H groups in total. The quantitative estimate of drug-likeness (QED) is 0.622. The Balaban J connectivity index is 1.90. The lowest BCUT2D eigenvalue weighted by Crippen LogP contribution is -2.20. The summed E-state index contributed by atoms with van der Waals surface area (Å²) in [6.07, 6.45) is -5.15. The predicted octanol–water partition coefficient (Wildman–Crippen LogP) is 4.90. The van der Waals surface area contributed by atoms with Crippen LogP contribution in [0.3, 0.4) is 0 Å². The van der Waals surface area contributed by atoms with Crippen molar-refractivity contribution in [2.75, 3.05) is 0 Å². The molecule has 2 unspecified atom stereocenters. The van der Waals surface area contributed by atoms with Crippen LogP contribution in [0.15, 0.2) is 54.7 Å². The normalized spacial score (nSPS) is 20.9. The van der Waals surface area contributed by atoms with Gasteiger partial charge in [-0.25, -0.2) is 0 Å². The first kappa shape index (κ1) is 14.3. The number of hydrogen-bond acceptors (Lipinski definition) is 1. The lowest BCUT2D eigenvalue weighted by atomic mass is 9.97. The van der Waals surface area contributed by atoms with Gasteiger partial charge in [0.1, 0.15) is 6.10 Å². The summed E-state index contributed by atoms with van der Waals surface area (Å²) >= 11 is 0. The molecular weight excluding hydrogens is 303 g/mol. The predicted molar refractivity (Wildman–Crippen MR) is 81.1 cm³/mol. The topological polar surface area (TPSA) is 14.2 Å². The van der Waals surface area contributed by atoms with Crippen LogP contribution in [0.4, 0.5) is 13.2 Å². The lowest BCUT2D eigenvalue weighted by Gasteiger charge is -2.17. The maximum Gasteiger partial charge on any atom is 0.418 e. The van der Waals surface area contributed by atoms with Gasteiger partial charge >= 0.3 is 6.18 Å². The van der Waals surface area contributed by atoms with Crippen LogP contribution >= 0.6 is 0 Å². The Hall–Kier alpha value is -2.27. The molecule has 2 aromatic carbocycles. The molecule has 1 aliphatic rings. The summed E-state index contributed by atoms with van der Waals surface area (Å²) in [7, 11) is 1.88. The fraction of sp³-hybridized carbons (Fsp3) is 0.222. The van der Waals surface area contributed by atoms with E-state index >= 15 is 0 Å². The first-order valence-corrected chi connectivity index (χ1v) is 7.32. The molecule has 5 heteroatoms. The molecule has 0 saturated carbocycles. The van der Waals surface area contributed by atoms with Crippen molar-refractivity contribution in [1.82, 2.24) is 4.57 Å². The van der Waals surface area contributed by atoms with Crippen LogP contribution in [0.2, 0.25) is 0 Å². The second-order valence-corrected chi connectivity index (χ2v) is 5.78. The van der Waals surface area contributed by atoms with Gasteiger partial charge in [0.25, 0.3) is 0 Å². The maximum atomic E-state index is 13.3. The van der Waals surface area contributed by atoms with Gasteiger partial charge in [0.2, 0.25) is 0 Å². The van der Waals surface area contributed by atoms with E-state index in [9.17, 15) is 13.2 Å². The zero-order chi connectivity index (χ0) is 16.2. The molecule has 23 heavy (non-hydrogen) atoms. The van der Waals surface area contributed by atoms with E-state index in [1.165, 1.54) is 6.07 Å². The first-order chi connectivity index (χ1) is 11.0. The number of aromatic nitrogens is 1. The van der Waals surface area contributed by atoms with Crippen LogP contribution in [-0.2, 0) is 11.8 Å². The SMILES string of the molecule is Cn1cc(C2OC(C(F)(F)F)c3ccccc32)c2ccccc21. The number of alkyl halides is 3. The van der Waals surface area contributed by atoms with E-state index in [4.69, 9.17) is 4.74 Å². The Bertz CT molecular complexity index is 881. The van der Waals surface area contributed by atoms with Gasteiger partial charge < -0.3 is 9.30 Å². The lowest BCUT2D eigenvalue weighted by molar-refractivity contribution is -0.224. The van der Waals surface area contributed by atoms with Gasteiger partial charge in [-0.15, -0.1) is 0 Å². The summed E-state index contributed by atoms with van der Waals surface area (Å²) in [5.74, 6) is 0. The van der Waals surface area contributed by atoms with E-state index in [1.54, 1.807) is 18.2 Å². The molecule has 0 aliphatic carbocycles. The molecule has 2 nitrogen and oxygen atoms in total. The number of para-hydroxylation sites is 1. The van der Waals surface area contributed by atoms with Crippen LogP contribution in [0.5, 0.6) is 0 Å². The van der Waals surface area contributed by atoms with Crippen LogP contribution in [-0.4, -0.2) is 10.7 Å². The standard InChI is InChI=1S/C18H14F3NO/c1-22-10-14(11-6-4-5-9-15(11)22)16-12-7-2-3-8-13(12)17(23-16)18(19,20)21/h2-10,16-17H,1H3. The zero-order valence-corrected chi connectivity index (χ0v) is 12.3. The fourth-order valence-corrected chi connectivity index (χ4v) is 3.35. The van der Waals surface area contributed by atoms with Crippen molar-refractivity contribution >= 4 is 10.9 Å². The number of nitrogens with zero attached hydrogens (tertiary/aromatic N) is 1. The van der Waals surface area contributed by atoms with Crippen molar-refractivity contribution in [3.05, 3.63) is 71.4 Å². The minimum absolute atomic E-state index is 0.206. The molecule has 4 rings (SSSR count). The number of halogens is 3. The van der Waals surface area contributed by atoms with Gasteiger partial charge in [0.05, 0.1) is 0 Å².